The average Bonchev–Trinajstić information content (AvgIpc) is 3.06. The van der Waals surface area contributed by atoms with Gasteiger partial charge in [0, 0.05) is 11.8 Å². The summed E-state index contributed by atoms with van der Waals surface area (Å²) in [5.41, 5.74) is -2.63. The SMILES string of the molecule is COc1cccc(-n2c3c(c(=O)[nH]c2=O)C(NS(=O)(=O)c2ccc(N)cc2)(C(F)(F)F)C(=O)N3)c1. The lowest BCUT2D eigenvalue weighted by atomic mass is 9.93. The number of nitrogens with two attached hydrogens (primary N) is 1. The lowest BCUT2D eigenvalue weighted by Crippen LogP contribution is -2.61. The van der Waals surface area contributed by atoms with Gasteiger partial charge in [0.2, 0.25) is 15.6 Å². The van der Waals surface area contributed by atoms with E-state index in [1.54, 1.807) is 4.98 Å². The summed E-state index contributed by atoms with van der Waals surface area (Å²) < 4.78 is 76.3. The summed E-state index contributed by atoms with van der Waals surface area (Å²) in [6.07, 6.45) is -5.65. The second-order valence-corrected chi connectivity index (χ2v) is 9.08. The number of rotatable bonds is 5. The minimum absolute atomic E-state index is 0.0680. The molecule has 1 amide bonds. The van der Waals surface area contributed by atoms with Crippen LogP contribution in [0.15, 0.2) is 63.0 Å². The number of hydrogen-bond donors (Lipinski definition) is 4. The maximum absolute atomic E-state index is 14.5. The molecule has 35 heavy (non-hydrogen) atoms. The second-order valence-electron chi connectivity index (χ2n) is 7.40. The summed E-state index contributed by atoms with van der Waals surface area (Å²) in [6, 6.07) is 9.58. The van der Waals surface area contributed by atoms with Gasteiger partial charge in [0.25, 0.3) is 11.5 Å². The number of ether oxygens (including phenoxy) is 1. The molecular weight excluding hydrogens is 495 g/mol. The number of aromatic nitrogens is 2. The summed E-state index contributed by atoms with van der Waals surface area (Å²) in [4.78, 5) is 39.2. The maximum Gasteiger partial charge on any atom is 0.421 e. The van der Waals surface area contributed by atoms with Crippen molar-refractivity contribution in [3.63, 3.8) is 0 Å². The normalized spacial score (nSPS) is 17.7. The number of H-pyrrole nitrogens is 1. The standard InChI is InChI=1S/C20H16F3N5O6S/c1-34-12-4-2-3-11(9-12)28-15-14(16(29)26-18(28)31)19(17(30)25-15,20(21,22)23)27-35(32,33)13-7-5-10(24)6-8-13/h2-9,27H,24H2,1H3,(H,25,30)(H,26,29,31). The molecule has 1 aliphatic heterocycles. The number of fused-ring (bicyclic) bond motifs is 1. The van der Waals surface area contributed by atoms with Gasteiger partial charge in [-0.3, -0.25) is 14.6 Å². The van der Waals surface area contributed by atoms with E-state index in [1.165, 1.54) is 36.1 Å². The van der Waals surface area contributed by atoms with Crippen molar-refractivity contribution in [2.45, 2.75) is 16.6 Å². The highest BCUT2D eigenvalue weighted by Crippen LogP contribution is 2.46. The Hall–Kier alpha value is -4.11. The molecule has 4 rings (SSSR count). The molecule has 2 aromatic carbocycles. The summed E-state index contributed by atoms with van der Waals surface area (Å²) in [5.74, 6) is -2.56. The number of halogens is 3. The topological polar surface area (TPSA) is 165 Å². The molecule has 0 radical (unpaired) electrons. The number of carbonyl (C=O) groups is 1. The van der Waals surface area contributed by atoms with Crippen molar-refractivity contribution in [1.29, 1.82) is 0 Å². The average molecular weight is 511 g/mol. The van der Waals surface area contributed by atoms with Gasteiger partial charge in [0.15, 0.2) is 0 Å². The quantitative estimate of drug-likeness (QED) is 0.368. The smallest absolute Gasteiger partial charge is 0.421 e. The van der Waals surface area contributed by atoms with Crippen LogP contribution in [0.4, 0.5) is 24.7 Å². The van der Waals surface area contributed by atoms with Crippen LogP contribution in [0.5, 0.6) is 5.75 Å². The van der Waals surface area contributed by atoms with Crippen molar-refractivity contribution >= 4 is 27.4 Å². The number of methoxy groups -OCH3 is 1. The number of nitrogen functional groups attached to an aromatic ring is 1. The van der Waals surface area contributed by atoms with Gasteiger partial charge < -0.3 is 15.8 Å². The van der Waals surface area contributed by atoms with E-state index < -0.39 is 55.2 Å². The fraction of sp³-hybridized carbons (Fsp3) is 0.150. The van der Waals surface area contributed by atoms with Crippen molar-refractivity contribution < 1.29 is 31.1 Å². The molecular formula is C20H16F3N5O6S. The van der Waals surface area contributed by atoms with E-state index in [2.05, 4.69) is 0 Å². The molecule has 0 spiro atoms. The van der Waals surface area contributed by atoms with E-state index in [4.69, 9.17) is 10.5 Å². The Balaban J connectivity index is 2.01. The van der Waals surface area contributed by atoms with Crippen LogP contribution in [0.2, 0.25) is 0 Å². The Bertz CT molecular complexity index is 1560. The molecule has 1 aliphatic rings. The van der Waals surface area contributed by atoms with Crippen LogP contribution in [0.1, 0.15) is 5.56 Å². The summed E-state index contributed by atoms with van der Waals surface area (Å²) in [5, 5.41) is 1.86. The van der Waals surface area contributed by atoms with Gasteiger partial charge in [-0.25, -0.2) is 17.8 Å². The van der Waals surface area contributed by atoms with E-state index >= 15 is 0 Å². The molecule has 184 valence electrons. The van der Waals surface area contributed by atoms with E-state index in [1.807, 2.05) is 5.32 Å². The van der Waals surface area contributed by atoms with Crippen molar-refractivity contribution in [1.82, 2.24) is 14.3 Å². The highest BCUT2D eigenvalue weighted by molar-refractivity contribution is 7.89. The molecule has 5 N–H and O–H groups in total. The van der Waals surface area contributed by atoms with Gasteiger partial charge in [-0.1, -0.05) is 6.07 Å². The van der Waals surface area contributed by atoms with E-state index in [-0.39, 0.29) is 17.1 Å². The molecule has 3 aromatic rings. The molecule has 11 nitrogen and oxygen atoms in total. The largest absolute Gasteiger partial charge is 0.497 e. The number of aromatic amines is 1. The van der Waals surface area contributed by atoms with Crippen LogP contribution in [-0.2, 0) is 20.4 Å². The number of nitrogens with one attached hydrogen (secondary N) is 3. The zero-order chi connectivity index (χ0) is 25.8. The number of amides is 1. The minimum Gasteiger partial charge on any atom is -0.497 e. The number of carbonyl (C=O) groups excluding carboxylic acids is 1. The molecule has 1 atom stereocenters. The Morgan fingerprint density at radius 3 is 2.34 bits per heavy atom. The third-order valence-electron chi connectivity index (χ3n) is 5.27. The molecule has 0 saturated carbocycles. The van der Waals surface area contributed by atoms with E-state index in [0.29, 0.717) is 4.57 Å². The fourth-order valence-corrected chi connectivity index (χ4v) is 4.97. The molecule has 1 aromatic heterocycles. The van der Waals surface area contributed by atoms with Gasteiger partial charge in [-0.05, 0) is 36.4 Å². The predicted octanol–water partition coefficient (Wildman–Crippen LogP) is 0.805. The third kappa shape index (κ3) is 3.74. The first-order valence-corrected chi connectivity index (χ1v) is 11.1. The monoisotopic (exact) mass is 511 g/mol. The third-order valence-corrected chi connectivity index (χ3v) is 6.74. The number of alkyl halides is 3. The summed E-state index contributed by atoms with van der Waals surface area (Å²) in [6.45, 7) is 0. The van der Waals surface area contributed by atoms with E-state index in [0.717, 1.165) is 24.3 Å². The van der Waals surface area contributed by atoms with Crippen LogP contribution in [0.25, 0.3) is 5.69 Å². The number of nitrogens with zero attached hydrogens (tertiary/aromatic N) is 1. The Morgan fingerprint density at radius 1 is 1.09 bits per heavy atom. The fourth-order valence-electron chi connectivity index (χ4n) is 3.65. The molecule has 15 heteroatoms. The molecule has 0 aliphatic carbocycles. The van der Waals surface area contributed by atoms with Crippen molar-refractivity contribution in [3.05, 3.63) is 74.9 Å². The summed E-state index contributed by atoms with van der Waals surface area (Å²) >= 11 is 0. The lowest BCUT2D eigenvalue weighted by molar-refractivity contribution is -0.194. The lowest BCUT2D eigenvalue weighted by Gasteiger charge is -2.29. The minimum atomic E-state index is -5.65. The Kier molecular flexibility index (Phi) is 5.48. The van der Waals surface area contributed by atoms with Crippen molar-refractivity contribution in [3.8, 4) is 11.4 Å². The zero-order valence-corrected chi connectivity index (χ0v) is 18.5. The summed E-state index contributed by atoms with van der Waals surface area (Å²) in [7, 11) is -3.73. The Morgan fingerprint density at radius 2 is 1.74 bits per heavy atom. The molecule has 2 heterocycles. The van der Waals surface area contributed by atoms with Crippen LogP contribution in [-0.4, -0.2) is 37.2 Å². The number of benzene rings is 2. The molecule has 1 unspecified atom stereocenters. The first-order valence-electron chi connectivity index (χ1n) is 9.64. The van der Waals surface area contributed by atoms with Gasteiger partial charge in [-0.2, -0.15) is 17.9 Å². The maximum atomic E-state index is 14.5. The second kappa shape index (κ2) is 7.99. The van der Waals surface area contributed by atoms with Crippen LogP contribution < -0.4 is 31.8 Å². The first kappa shape index (κ1) is 24.0. The van der Waals surface area contributed by atoms with Crippen LogP contribution in [0, 0.1) is 0 Å². The molecule has 0 fully saturated rings. The van der Waals surface area contributed by atoms with Gasteiger partial charge >= 0.3 is 11.9 Å². The Labute approximate surface area is 194 Å². The van der Waals surface area contributed by atoms with E-state index in [9.17, 15) is 36.0 Å². The van der Waals surface area contributed by atoms with Gasteiger partial charge in [0.05, 0.1) is 23.3 Å². The highest BCUT2D eigenvalue weighted by atomic mass is 32.2. The number of anilines is 2. The van der Waals surface area contributed by atoms with Crippen molar-refractivity contribution in [2.24, 2.45) is 0 Å². The van der Waals surface area contributed by atoms with Crippen molar-refractivity contribution in [2.75, 3.05) is 18.2 Å². The molecule has 0 saturated heterocycles. The first-order chi connectivity index (χ1) is 16.3. The number of hydrogen-bond acceptors (Lipinski definition) is 7. The van der Waals surface area contributed by atoms with Crippen LogP contribution >= 0.6 is 0 Å². The van der Waals surface area contributed by atoms with Gasteiger partial charge in [0.1, 0.15) is 11.6 Å². The zero-order valence-electron chi connectivity index (χ0n) is 17.6. The number of sulfonamides is 1. The van der Waals surface area contributed by atoms with Gasteiger partial charge in [-0.15, -0.1) is 0 Å². The molecule has 0 bridgehead atoms. The van der Waals surface area contributed by atoms with Crippen LogP contribution in [0.3, 0.4) is 0 Å². The highest BCUT2D eigenvalue weighted by Gasteiger charge is 2.69. The predicted molar refractivity (Wildman–Crippen MR) is 117 cm³/mol.